The van der Waals surface area contributed by atoms with E-state index in [2.05, 4.69) is 33.1 Å². The van der Waals surface area contributed by atoms with Gasteiger partial charge >= 0.3 is 0 Å². The van der Waals surface area contributed by atoms with E-state index >= 15 is 0 Å². The number of aryl methyl sites for hydroxylation is 1. The molecule has 1 aliphatic rings. The van der Waals surface area contributed by atoms with E-state index in [1.807, 2.05) is 30.0 Å². The van der Waals surface area contributed by atoms with Crippen molar-refractivity contribution < 1.29 is 4.79 Å². The summed E-state index contributed by atoms with van der Waals surface area (Å²) in [6.07, 6.45) is 2.05. The first-order valence-corrected chi connectivity index (χ1v) is 10.0. The molecule has 1 N–H and O–H groups in total. The third kappa shape index (κ3) is 3.24. The van der Waals surface area contributed by atoms with Gasteiger partial charge in [0.15, 0.2) is 10.6 Å². The minimum Gasteiger partial charge on any atom is -0.334 e. The Hall–Kier alpha value is -2.25. The summed E-state index contributed by atoms with van der Waals surface area (Å²) in [5, 5.41) is 11.4. The predicted octanol–water partition coefficient (Wildman–Crippen LogP) is 4.34. The van der Waals surface area contributed by atoms with E-state index in [9.17, 15) is 4.79 Å². The molecule has 3 aromatic rings. The number of H-pyrrole nitrogens is 1. The molecular formula is C19H20N4OS2. The zero-order chi connectivity index (χ0) is 18.1. The number of benzene rings is 1. The Morgan fingerprint density at radius 3 is 3.08 bits per heavy atom. The van der Waals surface area contributed by atoms with Gasteiger partial charge in [-0.15, -0.1) is 0 Å². The second-order valence-corrected chi connectivity index (χ2v) is 7.78. The number of carbonyl (C=O) groups is 1. The van der Waals surface area contributed by atoms with Gasteiger partial charge in [0, 0.05) is 12.1 Å². The minimum absolute atomic E-state index is 0.0881. The molecule has 1 unspecified atom stereocenters. The van der Waals surface area contributed by atoms with E-state index in [1.54, 1.807) is 15.9 Å². The highest BCUT2D eigenvalue weighted by Gasteiger charge is 2.30. The van der Waals surface area contributed by atoms with Gasteiger partial charge in [-0.2, -0.15) is 16.4 Å². The summed E-state index contributed by atoms with van der Waals surface area (Å²) in [5.74, 6) is 0.795. The van der Waals surface area contributed by atoms with Crippen molar-refractivity contribution in [2.75, 3.05) is 6.54 Å². The number of nitrogens with one attached hydrogen (secondary N) is 1. The highest BCUT2D eigenvalue weighted by molar-refractivity contribution is 7.71. The number of nitrogens with zero attached hydrogens (tertiary/aromatic N) is 3. The summed E-state index contributed by atoms with van der Waals surface area (Å²) in [6, 6.07) is 10.4. The molecule has 0 saturated carbocycles. The Balaban J connectivity index is 1.61. The van der Waals surface area contributed by atoms with Crippen molar-refractivity contribution >= 4 is 29.5 Å². The van der Waals surface area contributed by atoms with Gasteiger partial charge in [0.2, 0.25) is 5.91 Å². The maximum atomic E-state index is 13.0. The van der Waals surface area contributed by atoms with E-state index in [0.29, 0.717) is 10.6 Å². The number of rotatable bonds is 4. The Bertz CT molecular complexity index is 974. The van der Waals surface area contributed by atoms with Gasteiger partial charge in [-0.3, -0.25) is 14.5 Å². The minimum atomic E-state index is 0.0881. The summed E-state index contributed by atoms with van der Waals surface area (Å²) in [7, 11) is 0. The van der Waals surface area contributed by atoms with Crippen molar-refractivity contribution in [2.45, 2.75) is 32.4 Å². The lowest BCUT2D eigenvalue weighted by Crippen LogP contribution is -2.33. The predicted molar refractivity (Wildman–Crippen MR) is 106 cm³/mol. The number of hydrogen-bond donors (Lipinski definition) is 1. The largest absolute Gasteiger partial charge is 0.334 e. The van der Waals surface area contributed by atoms with Crippen molar-refractivity contribution in [1.29, 1.82) is 0 Å². The maximum Gasteiger partial charge on any atom is 0.243 e. The fraction of sp³-hybridized carbons (Fsp3) is 0.316. The summed E-state index contributed by atoms with van der Waals surface area (Å²) in [4.78, 5) is 15.0. The number of thiophene rings is 1. The van der Waals surface area contributed by atoms with Crippen molar-refractivity contribution in [3.8, 4) is 11.4 Å². The molecule has 1 fully saturated rings. The lowest BCUT2D eigenvalue weighted by Gasteiger charge is -2.24. The third-order valence-corrected chi connectivity index (χ3v) is 5.84. The number of hydrogen-bond acceptors (Lipinski definition) is 4. The molecule has 7 heteroatoms. The first-order chi connectivity index (χ1) is 12.6. The molecule has 134 valence electrons. The quantitative estimate of drug-likeness (QED) is 0.681. The molecule has 5 nitrogen and oxygen atoms in total. The average molecular weight is 385 g/mol. The number of aromatic nitrogens is 3. The first-order valence-electron chi connectivity index (χ1n) is 8.67. The van der Waals surface area contributed by atoms with Crippen LogP contribution in [0.4, 0.5) is 0 Å². The SMILES string of the molecule is Cc1cccc(-c2n[nH]c(=S)n2CC(=O)N2CCCC2c2ccsc2)c1. The second kappa shape index (κ2) is 7.17. The zero-order valence-corrected chi connectivity index (χ0v) is 16.1. The normalized spacial score (nSPS) is 17.0. The Kier molecular flexibility index (Phi) is 4.74. The van der Waals surface area contributed by atoms with Crippen LogP contribution in [0, 0.1) is 11.7 Å². The van der Waals surface area contributed by atoms with Crippen molar-refractivity contribution in [1.82, 2.24) is 19.7 Å². The molecule has 4 rings (SSSR count). The van der Waals surface area contributed by atoms with Gasteiger partial charge in [0.25, 0.3) is 0 Å². The number of carbonyl (C=O) groups excluding carboxylic acids is 1. The van der Waals surface area contributed by atoms with Gasteiger partial charge in [-0.25, -0.2) is 0 Å². The first kappa shape index (κ1) is 17.2. The molecule has 0 spiro atoms. The van der Waals surface area contributed by atoms with Crippen LogP contribution in [-0.2, 0) is 11.3 Å². The van der Waals surface area contributed by atoms with Crippen molar-refractivity contribution in [3.63, 3.8) is 0 Å². The fourth-order valence-electron chi connectivity index (χ4n) is 3.57. The Morgan fingerprint density at radius 2 is 2.31 bits per heavy atom. The van der Waals surface area contributed by atoms with Gasteiger partial charge in [-0.1, -0.05) is 23.8 Å². The molecule has 0 bridgehead atoms. The van der Waals surface area contributed by atoms with Crippen LogP contribution in [0.5, 0.6) is 0 Å². The van der Waals surface area contributed by atoms with Crippen LogP contribution < -0.4 is 0 Å². The topological polar surface area (TPSA) is 53.9 Å². The van der Waals surface area contributed by atoms with Gasteiger partial charge in [-0.05, 0) is 60.4 Å². The summed E-state index contributed by atoms with van der Waals surface area (Å²) in [5.41, 5.74) is 3.34. The summed E-state index contributed by atoms with van der Waals surface area (Å²) >= 11 is 7.06. The number of likely N-dealkylation sites (tertiary alicyclic amines) is 1. The Labute approximate surface area is 161 Å². The lowest BCUT2D eigenvalue weighted by molar-refractivity contribution is -0.132. The molecule has 1 aromatic carbocycles. The number of amides is 1. The van der Waals surface area contributed by atoms with Crippen LogP contribution in [0.2, 0.25) is 0 Å². The molecule has 1 amide bonds. The van der Waals surface area contributed by atoms with Crippen LogP contribution in [0.3, 0.4) is 0 Å². The smallest absolute Gasteiger partial charge is 0.243 e. The highest BCUT2D eigenvalue weighted by Crippen LogP contribution is 2.33. The van der Waals surface area contributed by atoms with E-state index in [-0.39, 0.29) is 18.5 Å². The molecule has 1 aliphatic heterocycles. The fourth-order valence-corrected chi connectivity index (χ4v) is 4.48. The van der Waals surface area contributed by atoms with Gasteiger partial charge in [0.1, 0.15) is 6.54 Å². The monoisotopic (exact) mass is 384 g/mol. The second-order valence-electron chi connectivity index (χ2n) is 6.61. The van der Waals surface area contributed by atoms with E-state index in [0.717, 1.165) is 30.5 Å². The molecule has 26 heavy (non-hydrogen) atoms. The van der Waals surface area contributed by atoms with Crippen LogP contribution in [0.25, 0.3) is 11.4 Å². The number of aromatic amines is 1. The third-order valence-electron chi connectivity index (χ3n) is 4.83. The summed E-state index contributed by atoms with van der Waals surface area (Å²) in [6.45, 7) is 3.04. The standard InChI is InChI=1S/C19H20N4OS2/c1-13-4-2-5-14(10-13)18-20-21-19(25)23(18)11-17(24)22-8-3-6-16(22)15-7-9-26-12-15/h2,4-5,7,9-10,12,16H,3,6,8,11H2,1H3,(H,21,25). The molecule has 1 atom stereocenters. The van der Waals surface area contributed by atoms with Crippen LogP contribution in [-0.4, -0.2) is 32.1 Å². The molecule has 3 heterocycles. The van der Waals surface area contributed by atoms with Gasteiger partial charge < -0.3 is 4.90 Å². The molecular weight excluding hydrogens is 364 g/mol. The molecule has 0 aliphatic carbocycles. The zero-order valence-electron chi connectivity index (χ0n) is 14.5. The molecule has 0 radical (unpaired) electrons. The van der Waals surface area contributed by atoms with Crippen molar-refractivity contribution in [2.24, 2.45) is 0 Å². The van der Waals surface area contributed by atoms with Crippen molar-refractivity contribution in [3.05, 3.63) is 57.0 Å². The highest BCUT2D eigenvalue weighted by atomic mass is 32.1. The summed E-state index contributed by atoms with van der Waals surface area (Å²) < 4.78 is 2.27. The van der Waals surface area contributed by atoms with E-state index < -0.39 is 0 Å². The van der Waals surface area contributed by atoms with Crippen LogP contribution >= 0.6 is 23.6 Å². The molecule has 1 saturated heterocycles. The molecule has 2 aromatic heterocycles. The van der Waals surface area contributed by atoms with Gasteiger partial charge in [0.05, 0.1) is 6.04 Å². The van der Waals surface area contributed by atoms with E-state index in [4.69, 9.17) is 12.2 Å². The van der Waals surface area contributed by atoms with Crippen LogP contribution in [0.15, 0.2) is 41.1 Å². The maximum absolute atomic E-state index is 13.0. The lowest BCUT2D eigenvalue weighted by atomic mass is 10.1. The van der Waals surface area contributed by atoms with E-state index in [1.165, 1.54) is 5.56 Å². The van der Waals surface area contributed by atoms with Crippen LogP contribution in [0.1, 0.15) is 30.0 Å². The Morgan fingerprint density at radius 1 is 1.42 bits per heavy atom. The average Bonchev–Trinajstić information content (AvgIpc) is 3.35.